The Morgan fingerprint density at radius 3 is 1.76 bits per heavy atom. The summed E-state index contributed by atoms with van der Waals surface area (Å²) in [5, 5.41) is 7.57. The quantitative estimate of drug-likeness (QED) is 0.163. The highest BCUT2D eigenvalue weighted by Crippen LogP contribution is 2.42. The van der Waals surface area contributed by atoms with Gasteiger partial charge in [-0.3, -0.25) is 0 Å². The van der Waals surface area contributed by atoms with E-state index in [-0.39, 0.29) is 0 Å². The van der Waals surface area contributed by atoms with Crippen LogP contribution in [0.25, 0.3) is 99.9 Å². The Kier molecular flexibility index (Phi) is 7.34. The Morgan fingerprint density at radius 2 is 0.983 bits per heavy atom. The van der Waals surface area contributed by atoms with Gasteiger partial charge < -0.3 is 9.13 Å². The molecule has 11 aromatic rings. The van der Waals surface area contributed by atoms with E-state index in [9.17, 15) is 0 Å². The second-order valence-electron chi connectivity index (χ2n) is 16.2. The van der Waals surface area contributed by atoms with Gasteiger partial charge in [-0.05, 0) is 76.5 Å². The molecule has 1 aliphatic heterocycles. The zero-order valence-electron chi connectivity index (χ0n) is 32.8. The summed E-state index contributed by atoms with van der Waals surface area (Å²) < 4.78 is 4.82. The predicted molar refractivity (Wildman–Crippen MR) is 249 cm³/mol. The molecule has 4 heterocycles. The van der Waals surface area contributed by atoms with Crippen LogP contribution in [0.5, 0.6) is 0 Å². The number of nitrogens with zero attached hydrogens (tertiary/aromatic N) is 4. The molecule has 0 saturated carbocycles. The van der Waals surface area contributed by atoms with Crippen LogP contribution in [0.3, 0.4) is 0 Å². The first-order valence-corrected chi connectivity index (χ1v) is 23.3. The number of rotatable bonds is 5. The lowest BCUT2D eigenvalue weighted by Crippen LogP contribution is -2.50. The fraction of sp³-hybridized carbons (Fsp3) is 0.0370. The van der Waals surface area contributed by atoms with Crippen LogP contribution in [0.2, 0.25) is 13.1 Å². The maximum Gasteiger partial charge on any atom is 0.159 e. The summed E-state index contributed by atoms with van der Waals surface area (Å²) in [4.78, 5) is 10.9. The van der Waals surface area contributed by atoms with Gasteiger partial charge in [0, 0.05) is 54.9 Å². The molecule has 59 heavy (non-hydrogen) atoms. The van der Waals surface area contributed by atoms with E-state index in [0.717, 1.165) is 39.6 Å². The average molecular weight is 771 g/mol. The lowest BCUT2D eigenvalue weighted by atomic mass is 9.97. The van der Waals surface area contributed by atoms with E-state index < -0.39 is 8.07 Å². The minimum atomic E-state index is -2.10. The molecule has 0 N–H and O–H groups in total. The standard InChI is InChI=1S/C54H38N4Si/c1-59(2)49-30-14-11-25-43(49)51-52(35-17-5-3-6-18-35)55-53(56-54(51)59)37-20-15-19-36(33-37)40-26-16-29-48-50(40)44-34-39(31-32-47(44)57(48)38-21-7-4-8-22-38)58-45-27-12-9-23-41(45)42-24-10-13-28-46(42)58/h3-34H,1-2H3. The third-order valence-corrected chi connectivity index (χ3v) is 15.8. The first-order valence-electron chi connectivity index (χ1n) is 20.3. The van der Waals surface area contributed by atoms with Crippen LogP contribution >= 0.6 is 0 Å². The zero-order valence-corrected chi connectivity index (χ0v) is 33.8. The van der Waals surface area contributed by atoms with Gasteiger partial charge in [0.05, 0.1) is 27.8 Å². The minimum Gasteiger partial charge on any atom is -0.309 e. The van der Waals surface area contributed by atoms with Crippen molar-refractivity contribution in [3.63, 3.8) is 0 Å². The van der Waals surface area contributed by atoms with Gasteiger partial charge in [0.1, 0.15) is 8.07 Å². The molecule has 278 valence electrons. The van der Waals surface area contributed by atoms with Crippen molar-refractivity contribution < 1.29 is 0 Å². The van der Waals surface area contributed by atoms with Gasteiger partial charge in [0.25, 0.3) is 0 Å². The summed E-state index contributed by atoms with van der Waals surface area (Å²) in [6.07, 6.45) is 0. The van der Waals surface area contributed by atoms with Gasteiger partial charge in [-0.2, -0.15) is 0 Å². The number of hydrogen-bond acceptors (Lipinski definition) is 2. The van der Waals surface area contributed by atoms with Crippen LogP contribution in [0, 0.1) is 0 Å². The van der Waals surface area contributed by atoms with Crippen molar-refractivity contribution in [3.05, 3.63) is 194 Å². The molecule has 4 nitrogen and oxygen atoms in total. The summed E-state index contributed by atoms with van der Waals surface area (Å²) in [6.45, 7) is 4.85. The second kappa shape index (κ2) is 12.8. The smallest absolute Gasteiger partial charge is 0.159 e. The van der Waals surface area contributed by atoms with E-state index in [2.05, 4.69) is 216 Å². The van der Waals surface area contributed by atoms with E-state index in [1.807, 2.05) is 0 Å². The third kappa shape index (κ3) is 5.01. The number of fused-ring (bicyclic) bond motifs is 9. The normalized spacial score (nSPS) is 13.1. The molecule has 5 heteroatoms. The number of benzene rings is 8. The number of aromatic nitrogens is 4. The van der Waals surface area contributed by atoms with Crippen LogP contribution in [0.1, 0.15) is 0 Å². The number of hydrogen-bond donors (Lipinski definition) is 0. The third-order valence-electron chi connectivity index (χ3n) is 12.5. The zero-order chi connectivity index (χ0) is 39.2. The van der Waals surface area contributed by atoms with E-state index in [1.54, 1.807) is 0 Å². The molecule has 0 amide bonds. The summed E-state index contributed by atoms with van der Waals surface area (Å²) in [7, 11) is -2.10. The average Bonchev–Trinajstić information content (AvgIpc) is 3.89. The van der Waals surface area contributed by atoms with Crippen LogP contribution in [-0.4, -0.2) is 27.2 Å². The lowest BCUT2D eigenvalue weighted by molar-refractivity contribution is 1.17. The van der Waals surface area contributed by atoms with Gasteiger partial charge in [-0.1, -0.05) is 153 Å². The largest absolute Gasteiger partial charge is 0.309 e. The Labute approximate surface area is 343 Å². The molecule has 12 rings (SSSR count). The van der Waals surface area contributed by atoms with E-state index in [4.69, 9.17) is 9.97 Å². The van der Waals surface area contributed by atoms with Gasteiger partial charge in [0.2, 0.25) is 0 Å². The Bertz CT molecular complexity index is 3420. The topological polar surface area (TPSA) is 35.6 Å². The lowest BCUT2D eigenvalue weighted by Gasteiger charge is -2.19. The van der Waals surface area contributed by atoms with Gasteiger partial charge in [0.15, 0.2) is 5.82 Å². The molecule has 3 aromatic heterocycles. The molecular weight excluding hydrogens is 733 g/mol. The van der Waals surface area contributed by atoms with Crippen LogP contribution in [0.15, 0.2) is 194 Å². The van der Waals surface area contributed by atoms with Crippen molar-refractivity contribution in [2.75, 3.05) is 0 Å². The Balaban J connectivity index is 1.09. The highest BCUT2D eigenvalue weighted by molar-refractivity contribution is 7.03. The molecule has 8 aromatic carbocycles. The summed E-state index contributed by atoms with van der Waals surface area (Å²) in [5.41, 5.74) is 14.9. The first-order chi connectivity index (χ1) is 29.0. The molecule has 0 fully saturated rings. The Morgan fingerprint density at radius 1 is 0.407 bits per heavy atom. The molecule has 0 atom stereocenters. The van der Waals surface area contributed by atoms with E-state index in [1.165, 1.54) is 70.8 Å². The molecular formula is C54H38N4Si. The van der Waals surface area contributed by atoms with Gasteiger partial charge >= 0.3 is 0 Å². The fourth-order valence-corrected chi connectivity index (χ4v) is 12.7. The fourth-order valence-electron chi connectivity index (χ4n) is 9.80. The van der Waals surface area contributed by atoms with Crippen molar-refractivity contribution >= 4 is 62.2 Å². The van der Waals surface area contributed by atoms with E-state index in [0.29, 0.717) is 0 Å². The Hall–Kier alpha value is -7.34. The van der Waals surface area contributed by atoms with E-state index >= 15 is 0 Å². The molecule has 0 spiro atoms. The molecule has 0 unspecified atom stereocenters. The highest BCUT2D eigenvalue weighted by Gasteiger charge is 2.41. The maximum atomic E-state index is 5.50. The van der Waals surface area contributed by atoms with Crippen molar-refractivity contribution in [1.82, 2.24) is 19.1 Å². The van der Waals surface area contributed by atoms with Crippen LogP contribution in [-0.2, 0) is 0 Å². The summed E-state index contributed by atoms with van der Waals surface area (Å²) in [6, 6.07) is 70.3. The maximum absolute atomic E-state index is 5.50. The second-order valence-corrected chi connectivity index (χ2v) is 20.4. The molecule has 0 saturated heterocycles. The van der Waals surface area contributed by atoms with Crippen molar-refractivity contribution in [2.24, 2.45) is 0 Å². The minimum absolute atomic E-state index is 0.769. The van der Waals surface area contributed by atoms with Gasteiger partial charge in [-0.25, -0.2) is 9.97 Å². The predicted octanol–water partition coefficient (Wildman–Crippen LogP) is 12.5. The molecule has 0 radical (unpaired) electrons. The summed E-state index contributed by atoms with van der Waals surface area (Å²) >= 11 is 0. The van der Waals surface area contributed by atoms with Crippen molar-refractivity contribution in [1.29, 1.82) is 0 Å². The highest BCUT2D eigenvalue weighted by atomic mass is 28.3. The molecule has 0 bridgehead atoms. The van der Waals surface area contributed by atoms with Gasteiger partial charge in [-0.15, -0.1) is 0 Å². The molecule has 1 aliphatic rings. The van der Waals surface area contributed by atoms with Crippen molar-refractivity contribution in [3.8, 4) is 56.3 Å². The van der Waals surface area contributed by atoms with Crippen molar-refractivity contribution in [2.45, 2.75) is 13.1 Å². The first kappa shape index (κ1) is 33.8. The number of para-hydroxylation sites is 3. The SMILES string of the molecule is C[Si]1(C)c2ccccc2-c2c(-c3ccccc3)nc(-c3cccc(-c4cccc5c4c4cc(-n6c7ccccc7c7ccccc76)ccc4n5-c4ccccc4)c3)nc21. The summed E-state index contributed by atoms with van der Waals surface area (Å²) in [5.74, 6) is 0.769. The molecule has 0 aliphatic carbocycles. The monoisotopic (exact) mass is 770 g/mol. The van der Waals surface area contributed by atoms with Crippen LogP contribution in [0.4, 0.5) is 0 Å². The van der Waals surface area contributed by atoms with Crippen LogP contribution < -0.4 is 10.5 Å².